The van der Waals surface area contributed by atoms with Crippen molar-refractivity contribution in [2.75, 3.05) is 6.26 Å². The Morgan fingerprint density at radius 2 is 2.18 bits per heavy atom. The minimum absolute atomic E-state index is 0.155. The monoisotopic (exact) mass is 259 g/mol. The molecule has 0 amide bonds. The fraction of sp³-hybridized carbons (Fsp3) is 0.545. The summed E-state index contributed by atoms with van der Waals surface area (Å²) in [6, 6.07) is 2.74. The maximum Gasteiger partial charge on any atom is 0.265 e. The van der Waals surface area contributed by atoms with Crippen molar-refractivity contribution in [1.29, 1.82) is 0 Å². The Labute approximate surface area is 99.9 Å². The molecule has 0 aromatic carbocycles. The van der Waals surface area contributed by atoms with Crippen molar-refractivity contribution in [3.05, 3.63) is 29.8 Å². The topological polar surface area (TPSA) is 56.3 Å². The van der Waals surface area contributed by atoms with Crippen molar-refractivity contribution < 1.29 is 17.0 Å². The van der Waals surface area contributed by atoms with Gasteiger partial charge in [0.1, 0.15) is 11.9 Å². The first-order valence-electron chi connectivity index (χ1n) is 5.45. The van der Waals surface area contributed by atoms with Gasteiger partial charge in [0.25, 0.3) is 10.1 Å². The third kappa shape index (κ3) is 3.23. The van der Waals surface area contributed by atoms with E-state index < -0.39 is 22.0 Å². The molecule has 1 unspecified atom stereocenters. The zero-order valence-corrected chi connectivity index (χ0v) is 10.3. The molecule has 0 spiro atoms. The molecule has 0 N–H and O–H groups in total. The molecule has 1 aromatic rings. The van der Waals surface area contributed by atoms with Crippen LogP contribution < -0.4 is 0 Å². The van der Waals surface area contributed by atoms with Crippen molar-refractivity contribution in [1.82, 2.24) is 4.98 Å². The van der Waals surface area contributed by atoms with Gasteiger partial charge in [-0.3, -0.25) is 9.17 Å². The van der Waals surface area contributed by atoms with Crippen molar-refractivity contribution in [3.8, 4) is 0 Å². The van der Waals surface area contributed by atoms with Crippen LogP contribution in [0.3, 0.4) is 0 Å². The summed E-state index contributed by atoms with van der Waals surface area (Å²) in [7, 11) is -3.54. The van der Waals surface area contributed by atoms with Gasteiger partial charge in [-0.1, -0.05) is 6.42 Å². The van der Waals surface area contributed by atoms with Crippen molar-refractivity contribution in [2.45, 2.75) is 25.4 Å². The summed E-state index contributed by atoms with van der Waals surface area (Å²) in [4.78, 5) is 3.90. The second-order valence-corrected chi connectivity index (χ2v) is 5.91. The van der Waals surface area contributed by atoms with Gasteiger partial charge < -0.3 is 0 Å². The van der Waals surface area contributed by atoms with Gasteiger partial charge >= 0.3 is 0 Å². The molecule has 6 heteroatoms. The summed E-state index contributed by atoms with van der Waals surface area (Å²) < 4.78 is 40.2. The maximum absolute atomic E-state index is 12.8. The average molecular weight is 259 g/mol. The molecule has 4 nitrogen and oxygen atoms in total. The highest BCUT2D eigenvalue weighted by Gasteiger charge is 2.32. The predicted molar refractivity (Wildman–Crippen MR) is 60.2 cm³/mol. The molecular formula is C11H14FNO3S. The quantitative estimate of drug-likeness (QED) is 0.776. The molecule has 1 saturated carbocycles. The number of aromatic nitrogens is 1. The lowest BCUT2D eigenvalue weighted by atomic mass is 9.80. The third-order valence-corrected chi connectivity index (χ3v) is 3.46. The summed E-state index contributed by atoms with van der Waals surface area (Å²) in [5, 5.41) is 0. The lowest BCUT2D eigenvalue weighted by Gasteiger charge is -2.32. The number of hydrogen-bond acceptors (Lipinski definition) is 4. The summed E-state index contributed by atoms with van der Waals surface area (Å²) >= 11 is 0. The number of rotatable bonds is 4. The van der Waals surface area contributed by atoms with Crippen molar-refractivity contribution in [2.24, 2.45) is 5.92 Å². The Balaban J connectivity index is 2.23. The van der Waals surface area contributed by atoms with Crippen molar-refractivity contribution >= 4 is 10.1 Å². The zero-order valence-electron chi connectivity index (χ0n) is 9.47. The van der Waals surface area contributed by atoms with Gasteiger partial charge in [0.15, 0.2) is 0 Å². The molecule has 0 saturated heterocycles. The smallest absolute Gasteiger partial charge is 0.260 e. The van der Waals surface area contributed by atoms with E-state index in [-0.39, 0.29) is 5.92 Å². The highest BCUT2D eigenvalue weighted by molar-refractivity contribution is 7.86. The van der Waals surface area contributed by atoms with Crippen LogP contribution in [0.15, 0.2) is 18.3 Å². The third-order valence-electron chi connectivity index (χ3n) is 2.90. The highest BCUT2D eigenvalue weighted by atomic mass is 32.2. The van der Waals surface area contributed by atoms with E-state index in [9.17, 15) is 12.8 Å². The Morgan fingerprint density at radius 3 is 2.59 bits per heavy atom. The van der Waals surface area contributed by atoms with Gasteiger partial charge in [-0.05, 0) is 30.9 Å². The average Bonchev–Trinajstić information content (AvgIpc) is 2.13. The predicted octanol–water partition coefficient (Wildman–Crippen LogP) is 2.04. The number of nitrogens with zero attached hydrogens (tertiary/aromatic N) is 1. The van der Waals surface area contributed by atoms with E-state index in [1.54, 1.807) is 0 Å². The molecule has 1 aromatic heterocycles. The lowest BCUT2D eigenvalue weighted by Crippen LogP contribution is -2.25. The maximum atomic E-state index is 12.8. The zero-order chi connectivity index (χ0) is 12.5. The molecule has 94 valence electrons. The Morgan fingerprint density at radius 1 is 1.47 bits per heavy atom. The summed E-state index contributed by atoms with van der Waals surface area (Å²) in [5.74, 6) is -0.289. The molecule has 2 rings (SSSR count). The highest BCUT2D eigenvalue weighted by Crippen LogP contribution is 2.40. The standard InChI is InChI=1S/C11H14FNO3S/c1-17(14,15)16-11(8-3-2-4-8)10-6-5-9(12)7-13-10/h5-8,11H,2-4H2,1H3. The number of hydrogen-bond donors (Lipinski definition) is 0. The van der Waals surface area contributed by atoms with E-state index in [1.165, 1.54) is 12.1 Å². The van der Waals surface area contributed by atoms with E-state index in [0.29, 0.717) is 5.69 Å². The van der Waals surface area contributed by atoms with Gasteiger partial charge in [0.2, 0.25) is 0 Å². The molecule has 0 bridgehead atoms. The first kappa shape index (κ1) is 12.4. The second-order valence-electron chi connectivity index (χ2n) is 4.31. The normalized spacial score (nSPS) is 18.7. The Kier molecular flexibility index (Phi) is 3.44. The fourth-order valence-corrected chi connectivity index (χ4v) is 2.49. The summed E-state index contributed by atoms with van der Waals surface area (Å²) in [6.45, 7) is 0. The molecule has 1 atom stereocenters. The largest absolute Gasteiger partial charge is 0.265 e. The van der Waals surface area contributed by atoms with Crippen LogP contribution in [0.4, 0.5) is 4.39 Å². The van der Waals surface area contributed by atoms with Gasteiger partial charge in [-0.2, -0.15) is 8.42 Å². The van der Waals surface area contributed by atoms with E-state index in [4.69, 9.17) is 4.18 Å². The first-order valence-corrected chi connectivity index (χ1v) is 7.27. The SMILES string of the molecule is CS(=O)(=O)OC(c1ccc(F)cn1)C1CCC1. The van der Waals surface area contributed by atoms with Crippen molar-refractivity contribution in [3.63, 3.8) is 0 Å². The Bertz CT molecular complexity index is 482. The molecule has 1 fully saturated rings. The minimum atomic E-state index is -3.54. The van der Waals surface area contributed by atoms with Gasteiger partial charge in [0.05, 0.1) is 18.1 Å². The number of halogens is 1. The molecule has 1 aliphatic carbocycles. The molecule has 0 radical (unpaired) electrons. The first-order chi connectivity index (χ1) is 7.96. The fourth-order valence-electron chi connectivity index (χ4n) is 1.86. The van der Waals surface area contributed by atoms with Crippen LogP contribution in [0.1, 0.15) is 31.1 Å². The summed E-state index contributed by atoms with van der Waals surface area (Å²) in [5.41, 5.74) is 0.474. The molecule has 0 aliphatic heterocycles. The van der Waals surface area contributed by atoms with E-state index in [0.717, 1.165) is 31.7 Å². The van der Waals surface area contributed by atoms with Crippen LogP contribution in [0, 0.1) is 11.7 Å². The van der Waals surface area contributed by atoms with Crippen LogP contribution in [-0.4, -0.2) is 19.7 Å². The van der Waals surface area contributed by atoms with Crippen LogP contribution in [0.25, 0.3) is 0 Å². The summed E-state index contributed by atoms with van der Waals surface area (Å²) in [6.07, 6.45) is 4.40. The lowest BCUT2D eigenvalue weighted by molar-refractivity contribution is 0.0873. The second kappa shape index (κ2) is 4.70. The van der Waals surface area contributed by atoms with Gasteiger partial charge in [-0.25, -0.2) is 4.39 Å². The van der Waals surface area contributed by atoms with Crippen LogP contribution in [0.2, 0.25) is 0 Å². The van der Waals surface area contributed by atoms with E-state index >= 15 is 0 Å². The molecular weight excluding hydrogens is 245 g/mol. The van der Waals surface area contributed by atoms with Crippen LogP contribution in [-0.2, 0) is 14.3 Å². The van der Waals surface area contributed by atoms with Gasteiger partial charge in [0, 0.05) is 0 Å². The molecule has 1 aliphatic rings. The molecule has 17 heavy (non-hydrogen) atoms. The minimum Gasteiger partial charge on any atom is -0.260 e. The van der Waals surface area contributed by atoms with E-state index in [1.807, 2.05) is 0 Å². The van der Waals surface area contributed by atoms with Crippen LogP contribution in [0.5, 0.6) is 0 Å². The molecule has 1 heterocycles. The van der Waals surface area contributed by atoms with Crippen LogP contribution >= 0.6 is 0 Å². The van der Waals surface area contributed by atoms with E-state index in [2.05, 4.69) is 4.98 Å². The number of pyridine rings is 1. The Hall–Kier alpha value is -1.01. The van der Waals surface area contributed by atoms with Gasteiger partial charge in [-0.15, -0.1) is 0 Å².